The van der Waals surface area contributed by atoms with Crippen molar-refractivity contribution in [3.8, 4) is 0 Å². The van der Waals surface area contributed by atoms with Gasteiger partial charge in [-0.2, -0.15) is 4.31 Å². The second-order valence-corrected chi connectivity index (χ2v) is 7.01. The topological polar surface area (TPSA) is 80.8 Å². The third kappa shape index (κ3) is 2.24. The van der Waals surface area contributed by atoms with Crippen LogP contribution in [0.2, 0.25) is 0 Å². The number of carbonyl (C=O) groups is 2. The Hall–Kier alpha value is -2.25. The van der Waals surface area contributed by atoms with Crippen molar-refractivity contribution in [1.29, 1.82) is 0 Å². The van der Waals surface area contributed by atoms with Gasteiger partial charge in [0.25, 0.3) is 0 Å². The first-order valence-electron chi connectivity index (χ1n) is 7.24. The predicted molar refractivity (Wildman–Crippen MR) is 83.8 cm³/mol. The van der Waals surface area contributed by atoms with E-state index in [1.807, 2.05) is 0 Å². The van der Waals surface area contributed by atoms with Crippen LogP contribution in [0.4, 0.5) is 0 Å². The molecule has 23 heavy (non-hydrogen) atoms. The number of rotatable bonds is 4. The Kier molecular flexibility index (Phi) is 3.69. The quantitative estimate of drug-likeness (QED) is 0.633. The molecule has 0 aliphatic carbocycles. The van der Waals surface area contributed by atoms with E-state index >= 15 is 0 Å². The van der Waals surface area contributed by atoms with Crippen LogP contribution in [0.5, 0.6) is 0 Å². The average molecular weight is 333 g/mol. The monoisotopic (exact) mass is 333 g/mol. The highest BCUT2D eigenvalue weighted by Crippen LogP contribution is 2.33. The molecular formula is C16H15NO5S. The molecule has 0 atom stereocenters. The van der Waals surface area contributed by atoms with Gasteiger partial charge in [0.05, 0.1) is 16.0 Å². The van der Waals surface area contributed by atoms with E-state index in [0.29, 0.717) is 23.9 Å². The van der Waals surface area contributed by atoms with Crippen molar-refractivity contribution in [3.05, 3.63) is 41.5 Å². The summed E-state index contributed by atoms with van der Waals surface area (Å²) >= 11 is 0. The average Bonchev–Trinajstić information content (AvgIpc) is 2.52. The third-order valence-corrected chi connectivity index (χ3v) is 6.06. The van der Waals surface area contributed by atoms with E-state index in [9.17, 15) is 18.0 Å². The van der Waals surface area contributed by atoms with Crippen molar-refractivity contribution in [3.63, 3.8) is 0 Å². The molecule has 3 rings (SSSR count). The molecule has 2 aromatic rings. The molecule has 6 nitrogen and oxygen atoms in total. The van der Waals surface area contributed by atoms with E-state index in [1.54, 1.807) is 26.0 Å². The first kappa shape index (κ1) is 15.6. The lowest BCUT2D eigenvalue weighted by molar-refractivity contribution is 0.0391. The van der Waals surface area contributed by atoms with Crippen LogP contribution < -0.4 is 0 Å². The zero-order chi connectivity index (χ0) is 16.8. The summed E-state index contributed by atoms with van der Waals surface area (Å²) in [6.45, 7) is 4.19. The van der Waals surface area contributed by atoms with Gasteiger partial charge in [0, 0.05) is 23.9 Å². The summed E-state index contributed by atoms with van der Waals surface area (Å²) in [6.07, 6.45) is 0. The molecule has 0 radical (unpaired) electrons. The summed E-state index contributed by atoms with van der Waals surface area (Å²) in [4.78, 5) is 23.9. The Bertz CT molecular complexity index is 909. The predicted octanol–water partition coefficient (Wildman–Crippen LogP) is 2.18. The fourth-order valence-electron chi connectivity index (χ4n) is 2.84. The van der Waals surface area contributed by atoms with E-state index in [2.05, 4.69) is 4.74 Å². The highest BCUT2D eigenvalue weighted by molar-refractivity contribution is 7.89. The summed E-state index contributed by atoms with van der Waals surface area (Å²) in [5.41, 5.74) is 0.405. The Labute approximate surface area is 133 Å². The van der Waals surface area contributed by atoms with Crippen molar-refractivity contribution in [2.24, 2.45) is 0 Å². The van der Waals surface area contributed by atoms with Crippen LogP contribution in [-0.4, -0.2) is 37.8 Å². The fourth-order valence-corrected chi connectivity index (χ4v) is 4.49. The second kappa shape index (κ2) is 5.43. The molecule has 0 unspecified atom stereocenters. The number of hydrogen-bond donors (Lipinski definition) is 0. The zero-order valence-electron chi connectivity index (χ0n) is 12.7. The first-order valence-corrected chi connectivity index (χ1v) is 8.68. The highest BCUT2D eigenvalue weighted by Gasteiger charge is 2.31. The standard InChI is InChI=1S/C16H15NO5S/c1-3-17(4-2)23(20,21)13-9-8-12-14-10(13)6-5-7-11(14)15(18)22-16(12)19/h5-9H,3-4H2,1-2H3. The second-order valence-electron chi connectivity index (χ2n) is 5.11. The van der Waals surface area contributed by atoms with Gasteiger partial charge in [-0.25, -0.2) is 18.0 Å². The van der Waals surface area contributed by atoms with Crippen LogP contribution in [-0.2, 0) is 14.8 Å². The Morgan fingerprint density at radius 3 is 2.17 bits per heavy atom. The molecule has 0 bridgehead atoms. The summed E-state index contributed by atoms with van der Waals surface area (Å²) < 4.78 is 31.7. The van der Waals surface area contributed by atoms with Gasteiger partial charge in [-0.3, -0.25) is 0 Å². The first-order chi connectivity index (χ1) is 10.9. The van der Waals surface area contributed by atoms with E-state index in [-0.39, 0.29) is 16.0 Å². The number of benzene rings is 2. The molecule has 0 saturated carbocycles. The van der Waals surface area contributed by atoms with Crippen LogP contribution in [0.3, 0.4) is 0 Å². The SMILES string of the molecule is CCN(CC)S(=O)(=O)c1ccc2c3c(cccc13)C(=O)OC2=O. The van der Waals surface area contributed by atoms with Crippen molar-refractivity contribution < 1.29 is 22.7 Å². The van der Waals surface area contributed by atoms with Gasteiger partial charge in [-0.05, 0) is 18.2 Å². The molecule has 2 aromatic carbocycles. The molecule has 0 saturated heterocycles. The Balaban J connectivity index is 2.38. The van der Waals surface area contributed by atoms with Crippen LogP contribution in [0.25, 0.3) is 10.8 Å². The molecular weight excluding hydrogens is 318 g/mol. The van der Waals surface area contributed by atoms with Gasteiger partial charge >= 0.3 is 11.9 Å². The number of ether oxygens (including phenoxy) is 1. The lowest BCUT2D eigenvalue weighted by atomic mass is 9.97. The van der Waals surface area contributed by atoms with E-state index in [0.717, 1.165) is 0 Å². The summed E-state index contributed by atoms with van der Waals surface area (Å²) in [7, 11) is -3.71. The lowest BCUT2D eigenvalue weighted by Crippen LogP contribution is -2.31. The van der Waals surface area contributed by atoms with Crippen molar-refractivity contribution >= 4 is 32.7 Å². The van der Waals surface area contributed by atoms with Crippen molar-refractivity contribution in [2.75, 3.05) is 13.1 Å². The normalized spacial score (nSPS) is 14.4. The van der Waals surface area contributed by atoms with Crippen molar-refractivity contribution in [1.82, 2.24) is 4.31 Å². The molecule has 0 fully saturated rings. The number of hydrogen-bond acceptors (Lipinski definition) is 5. The fraction of sp³-hybridized carbons (Fsp3) is 0.250. The number of sulfonamides is 1. The van der Waals surface area contributed by atoms with Gasteiger partial charge in [-0.1, -0.05) is 26.0 Å². The minimum absolute atomic E-state index is 0.0873. The Morgan fingerprint density at radius 2 is 1.57 bits per heavy atom. The number of nitrogens with zero attached hydrogens (tertiary/aromatic N) is 1. The van der Waals surface area contributed by atoms with Gasteiger partial charge in [0.1, 0.15) is 0 Å². The summed E-state index contributed by atoms with van der Waals surface area (Å²) in [5, 5.41) is 0.693. The molecule has 0 N–H and O–H groups in total. The minimum Gasteiger partial charge on any atom is -0.386 e. The molecule has 0 amide bonds. The molecule has 1 aliphatic heterocycles. The minimum atomic E-state index is -3.71. The molecule has 1 heterocycles. The van der Waals surface area contributed by atoms with Gasteiger partial charge < -0.3 is 4.74 Å². The van der Waals surface area contributed by atoms with E-state index in [4.69, 9.17) is 0 Å². The van der Waals surface area contributed by atoms with Gasteiger partial charge in [0.2, 0.25) is 10.0 Å². The molecule has 7 heteroatoms. The van der Waals surface area contributed by atoms with E-state index < -0.39 is 22.0 Å². The highest BCUT2D eigenvalue weighted by atomic mass is 32.2. The van der Waals surface area contributed by atoms with Crippen LogP contribution in [0.1, 0.15) is 34.6 Å². The molecule has 0 spiro atoms. The van der Waals surface area contributed by atoms with Crippen LogP contribution >= 0.6 is 0 Å². The molecule has 0 aromatic heterocycles. The number of cyclic esters (lactones) is 2. The maximum atomic E-state index is 12.8. The van der Waals surface area contributed by atoms with Gasteiger partial charge in [0.15, 0.2) is 0 Å². The van der Waals surface area contributed by atoms with Crippen LogP contribution in [0, 0.1) is 0 Å². The third-order valence-electron chi connectivity index (χ3n) is 3.95. The largest absolute Gasteiger partial charge is 0.386 e. The number of esters is 2. The van der Waals surface area contributed by atoms with E-state index in [1.165, 1.54) is 22.5 Å². The lowest BCUT2D eigenvalue weighted by Gasteiger charge is -2.22. The number of carbonyl (C=O) groups excluding carboxylic acids is 2. The summed E-state index contributed by atoms with van der Waals surface area (Å²) in [5.74, 6) is -1.52. The van der Waals surface area contributed by atoms with Crippen LogP contribution in [0.15, 0.2) is 35.2 Å². The Morgan fingerprint density at radius 1 is 0.957 bits per heavy atom. The molecule has 1 aliphatic rings. The maximum absolute atomic E-state index is 12.8. The zero-order valence-corrected chi connectivity index (χ0v) is 13.5. The maximum Gasteiger partial charge on any atom is 0.346 e. The summed E-state index contributed by atoms with van der Waals surface area (Å²) in [6, 6.07) is 7.50. The smallest absolute Gasteiger partial charge is 0.346 e. The van der Waals surface area contributed by atoms with Crippen molar-refractivity contribution in [2.45, 2.75) is 18.7 Å². The van der Waals surface area contributed by atoms with Gasteiger partial charge in [-0.15, -0.1) is 0 Å². The molecule has 120 valence electrons.